The molecule has 0 atom stereocenters. The molecular formula is C26H26N2O3. The molecule has 4 rings (SSSR count). The highest BCUT2D eigenvalue weighted by atomic mass is 16.5. The van der Waals surface area contributed by atoms with Crippen LogP contribution in [0.5, 0.6) is 11.5 Å². The lowest BCUT2D eigenvalue weighted by Gasteiger charge is -2.09. The predicted octanol–water partition coefficient (Wildman–Crippen LogP) is 4.48. The quantitative estimate of drug-likeness (QED) is 0.462. The molecule has 5 nitrogen and oxygen atoms in total. The summed E-state index contributed by atoms with van der Waals surface area (Å²) in [5, 5.41) is 0. The van der Waals surface area contributed by atoms with Crippen molar-refractivity contribution in [3.63, 3.8) is 0 Å². The largest absolute Gasteiger partial charge is 0.497 e. The zero-order chi connectivity index (χ0) is 21.6. The van der Waals surface area contributed by atoms with Gasteiger partial charge in [-0.1, -0.05) is 54.6 Å². The van der Waals surface area contributed by atoms with E-state index in [0.717, 1.165) is 39.6 Å². The topological polar surface area (TPSA) is 56.2 Å². The number of H-pyrrole nitrogens is 1. The van der Waals surface area contributed by atoms with Crippen molar-refractivity contribution in [1.82, 2.24) is 9.55 Å². The van der Waals surface area contributed by atoms with Gasteiger partial charge >= 0.3 is 5.69 Å². The molecule has 0 aliphatic carbocycles. The second kappa shape index (κ2) is 9.39. The molecule has 0 spiro atoms. The first-order chi connectivity index (χ1) is 15.1. The highest BCUT2D eigenvalue weighted by molar-refractivity contribution is 5.34. The Balaban J connectivity index is 1.46. The molecule has 1 heterocycles. The Labute approximate surface area is 181 Å². The molecule has 0 radical (unpaired) electrons. The van der Waals surface area contributed by atoms with E-state index in [0.29, 0.717) is 19.4 Å². The molecule has 0 saturated heterocycles. The SMILES string of the molecule is COc1ccc(Cc2c(Cc3ccc(OCc4ccccc4)cc3)[nH]c(=O)n2C)cc1. The standard InChI is InChI=1S/C26H26N2O3/c1-28-25(17-20-8-12-22(30-2)13-9-20)24(27-26(28)29)16-19-10-14-23(15-11-19)31-18-21-6-4-3-5-7-21/h3-15H,16-18H2,1-2H3,(H,27,29). The first kappa shape index (κ1) is 20.5. The van der Waals surface area contributed by atoms with Gasteiger partial charge in [-0.15, -0.1) is 0 Å². The Morgan fingerprint density at radius 3 is 2.03 bits per heavy atom. The van der Waals surface area contributed by atoms with Crippen molar-refractivity contribution in [2.24, 2.45) is 7.05 Å². The van der Waals surface area contributed by atoms with E-state index in [1.165, 1.54) is 0 Å². The number of hydrogen-bond donors (Lipinski definition) is 1. The summed E-state index contributed by atoms with van der Waals surface area (Å²) in [6, 6.07) is 26.1. The van der Waals surface area contributed by atoms with Crippen LogP contribution in [0.3, 0.4) is 0 Å². The first-order valence-corrected chi connectivity index (χ1v) is 10.3. The molecule has 0 unspecified atom stereocenters. The number of benzene rings is 3. The molecule has 0 bridgehead atoms. The van der Waals surface area contributed by atoms with Crippen molar-refractivity contribution >= 4 is 0 Å². The summed E-state index contributed by atoms with van der Waals surface area (Å²) in [4.78, 5) is 15.3. The molecule has 0 fully saturated rings. The van der Waals surface area contributed by atoms with Crippen LogP contribution >= 0.6 is 0 Å². The van der Waals surface area contributed by atoms with Crippen LogP contribution in [-0.2, 0) is 26.5 Å². The molecule has 1 N–H and O–H groups in total. The number of aromatic amines is 1. The zero-order valence-corrected chi connectivity index (χ0v) is 17.8. The van der Waals surface area contributed by atoms with Gasteiger partial charge in [0.2, 0.25) is 0 Å². The molecule has 158 valence electrons. The van der Waals surface area contributed by atoms with Crippen molar-refractivity contribution in [1.29, 1.82) is 0 Å². The summed E-state index contributed by atoms with van der Waals surface area (Å²) in [6.45, 7) is 0.540. The van der Waals surface area contributed by atoms with Crippen molar-refractivity contribution < 1.29 is 9.47 Å². The fraction of sp³-hybridized carbons (Fsp3) is 0.192. The summed E-state index contributed by atoms with van der Waals surface area (Å²) in [6.07, 6.45) is 1.33. The van der Waals surface area contributed by atoms with Gasteiger partial charge in [0.15, 0.2) is 0 Å². The minimum atomic E-state index is -0.0960. The molecule has 0 aliphatic rings. The van der Waals surface area contributed by atoms with Crippen LogP contribution in [0.4, 0.5) is 0 Å². The second-order valence-corrected chi connectivity index (χ2v) is 7.53. The Morgan fingerprint density at radius 2 is 1.39 bits per heavy atom. The number of rotatable bonds is 8. The second-order valence-electron chi connectivity index (χ2n) is 7.53. The molecule has 31 heavy (non-hydrogen) atoms. The highest BCUT2D eigenvalue weighted by Gasteiger charge is 2.13. The smallest absolute Gasteiger partial charge is 0.325 e. The summed E-state index contributed by atoms with van der Waals surface area (Å²) in [7, 11) is 3.46. The number of imidazole rings is 1. The maximum atomic E-state index is 12.3. The lowest BCUT2D eigenvalue weighted by molar-refractivity contribution is 0.306. The normalized spacial score (nSPS) is 10.8. The van der Waals surface area contributed by atoms with Crippen LogP contribution in [0.2, 0.25) is 0 Å². The number of ether oxygens (including phenoxy) is 2. The monoisotopic (exact) mass is 414 g/mol. The summed E-state index contributed by atoms with van der Waals surface area (Å²) < 4.78 is 12.8. The van der Waals surface area contributed by atoms with E-state index in [2.05, 4.69) is 4.98 Å². The van der Waals surface area contributed by atoms with Gasteiger partial charge in [0.1, 0.15) is 18.1 Å². The van der Waals surface area contributed by atoms with Crippen molar-refractivity contribution in [3.8, 4) is 11.5 Å². The number of aromatic nitrogens is 2. The van der Waals surface area contributed by atoms with Crippen molar-refractivity contribution in [2.45, 2.75) is 19.4 Å². The lowest BCUT2D eigenvalue weighted by atomic mass is 10.0. The molecule has 1 aromatic heterocycles. The molecule has 4 aromatic rings. The molecular weight excluding hydrogens is 388 g/mol. The minimum Gasteiger partial charge on any atom is -0.497 e. The Bertz CT molecular complexity index is 1170. The molecule has 5 heteroatoms. The van der Waals surface area contributed by atoms with E-state index in [1.807, 2.05) is 85.9 Å². The first-order valence-electron chi connectivity index (χ1n) is 10.3. The summed E-state index contributed by atoms with van der Waals surface area (Å²) >= 11 is 0. The maximum absolute atomic E-state index is 12.3. The fourth-order valence-corrected chi connectivity index (χ4v) is 3.57. The van der Waals surface area contributed by atoms with Gasteiger partial charge in [0, 0.05) is 31.3 Å². The van der Waals surface area contributed by atoms with Crippen molar-refractivity contribution in [3.05, 3.63) is 117 Å². The summed E-state index contributed by atoms with van der Waals surface area (Å²) in [5.74, 6) is 1.65. The maximum Gasteiger partial charge on any atom is 0.325 e. The number of nitrogens with one attached hydrogen (secondary N) is 1. The Kier molecular flexibility index (Phi) is 6.22. The minimum absolute atomic E-state index is 0.0960. The molecule has 3 aromatic carbocycles. The van der Waals surface area contributed by atoms with Gasteiger partial charge in [-0.3, -0.25) is 4.57 Å². The number of methoxy groups -OCH3 is 1. The molecule has 0 aliphatic heterocycles. The van der Waals surface area contributed by atoms with E-state index < -0.39 is 0 Å². The third kappa shape index (κ3) is 5.07. The van der Waals surface area contributed by atoms with Gasteiger partial charge in [0.05, 0.1) is 7.11 Å². The van der Waals surface area contributed by atoms with Crippen LogP contribution in [-0.4, -0.2) is 16.7 Å². The van der Waals surface area contributed by atoms with Crippen LogP contribution in [0.15, 0.2) is 83.7 Å². The van der Waals surface area contributed by atoms with Gasteiger partial charge < -0.3 is 14.5 Å². The highest BCUT2D eigenvalue weighted by Crippen LogP contribution is 2.20. The van der Waals surface area contributed by atoms with Crippen molar-refractivity contribution in [2.75, 3.05) is 7.11 Å². The third-order valence-corrected chi connectivity index (χ3v) is 5.40. The number of nitrogens with zero attached hydrogens (tertiary/aromatic N) is 1. The van der Waals surface area contributed by atoms with Crippen LogP contribution in [0, 0.1) is 0 Å². The average Bonchev–Trinajstić information content (AvgIpc) is 3.07. The van der Waals surface area contributed by atoms with Gasteiger partial charge in [-0.05, 0) is 41.0 Å². The third-order valence-electron chi connectivity index (χ3n) is 5.40. The van der Waals surface area contributed by atoms with Crippen LogP contribution in [0.1, 0.15) is 28.1 Å². The average molecular weight is 415 g/mol. The van der Waals surface area contributed by atoms with E-state index in [1.54, 1.807) is 11.7 Å². The Morgan fingerprint density at radius 1 is 0.774 bits per heavy atom. The van der Waals surface area contributed by atoms with E-state index in [9.17, 15) is 4.79 Å². The van der Waals surface area contributed by atoms with E-state index in [4.69, 9.17) is 9.47 Å². The van der Waals surface area contributed by atoms with Gasteiger partial charge in [-0.25, -0.2) is 4.79 Å². The van der Waals surface area contributed by atoms with E-state index >= 15 is 0 Å². The van der Waals surface area contributed by atoms with Gasteiger partial charge in [-0.2, -0.15) is 0 Å². The lowest BCUT2D eigenvalue weighted by Crippen LogP contribution is -2.14. The fourth-order valence-electron chi connectivity index (χ4n) is 3.57. The molecule has 0 amide bonds. The van der Waals surface area contributed by atoms with E-state index in [-0.39, 0.29) is 5.69 Å². The zero-order valence-electron chi connectivity index (χ0n) is 17.8. The van der Waals surface area contributed by atoms with Crippen LogP contribution < -0.4 is 15.2 Å². The van der Waals surface area contributed by atoms with Gasteiger partial charge in [0.25, 0.3) is 0 Å². The summed E-state index contributed by atoms with van der Waals surface area (Å²) in [5.41, 5.74) is 5.20. The number of hydrogen-bond acceptors (Lipinski definition) is 3. The van der Waals surface area contributed by atoms with Crippen LogP contribution in [0.25, 0.3) is 0 Å². The Hall–Kier alpha value is -3.73. The molecule has 0 saturated carbocycles. The predicted molar refractivity (Wildman–Crippen MR) is 122 cm³/mol.